The number of aromatic amines is 1. The van der Waals surface area contributed by atoms with Gasteiger partial charge < -0.3 is 10.3 Å². The van der Waals surface area contributed by atoms with Crippen molar-refractivity contribution in [3.8, 4) is 0 Å². The van der Waals surface area contributed by atoms with Crippen LogP contribution in [0.2, 0.25) is 0 Å². The molecule has 0 aliphatic rings. The summed E-state index contributed by atoms with van der Waals surface area (Å²) < 4.78 is 0. The van der Waals surface area contributed by atoms with Crippen LogP contribution in [-0.4, -0.2) is 21.4 Å². The van der Waals surface area contributed by atoms with Crippen molar-refractivity contribution in [2.75, 3.05) is 11.9 Å². The van der Waals surface area contributed by atoms with Gasteiger partial charge in [0.25, 0.3) is 5.69 Å². The van der Waals surface area contributed by atoms with E-state index in [1.165, 1.54) is 17.8 Å². The lowest BCUT2D eigenvalue weighted by molar-refractivity contribution is -0.384. The highest BCUT2D eigenvalue weighted by Crippen LogP contribution is 2.28. The summed E-state index contributed by atoms with van der Waals surface area (Å²) in [5.74, 6) is 1.13. The number of hydrogen-bond donors (Lipinski definition) is 2. The molecule has 6 nitrogen and oxygen atoms in total. The predicted octanol–water partition coefficient (Wildman–Crippen LogP) is 3.68. The number of nitro benzene ring substituents is 1. The molecular weight excluding hydrogens is 288 g/mol. The van der Waals surface area contributed by atoms with Crippen LogP contribution in [0.5, 0.6) is 0 Å². The molecule has 0 unspecified atom stereocenters. The minimum absolute atomic E-state index is 0.111. The molecule has 1 heterocycles. The fourth-order valence-electron chi connectivity index (χ4n) is 1.78. The van der Waals surface area contributed by atoms with E-state index in [0.717, 1.165) is 23.0 Å². The van der Waals surface area contributed by atoms with E-state index in [2.05, 4.69) is 29.1 Å². The zero-order chi connectivity index (χ0) is 15.2. The van der Waals surface area contributed by atoms with Gasteiger partial charge in [-0.05, 0) is 17.5 Å². The monoisotopic (exact) mass is 306 g/mol. The molecule has 21 heavy (non-hydrogen) atoms. The minimum atomic E-state index is -0.368. The van der Waals surface area contributed by atoms with Gasteiger partial charge >= 0.3 is 0 Å². The highest BCUT2D eigenvalue weighted by Gasteiger charge is 2.12. The molecule has 0 fully saturated rings. The fourth-order valence-corrected chi connectivity index (χ4v) is 2.59. The van der Waals surface area contributed by atoms with Gasteiger partial charge in [-0.2, -0.15) is 0 Å². The largest absolute Gasteiger partial charge is 0.385 e. The van der Waals surface area contributed by atoms with Gasteiger partial charge in [-0.3, -0.25) is 10.1 Å². The van der Waals surface area contributed by atoms with Crippen molar-refractivity contribution in [1.29, 1.82) is 0 Å². The lowest BCUT2D eigenvalue weighted by atomic mass is 10.1. The molecule has 0 radical (unpaired) electrons. The third-order valence-electron chi connectivity index (χ3n) is 2.84. The van der Waals surface area contributed by atoms with Crippen LogP contribution in [-0.2, 0) is 5.75 Å². The molecule has 7 heteroatoms. The summed E-state index contributed by atoms with van der Waals surface area (Å²) in [6, 6.07) is 4.93. The van der Waals surface area contributed by atoms with Crippen LogP contribution in [0.4, 0.5) is 11.4 Å². The molecule has 112 valence electrons. The van der Waals surface area contributed by atoms with Gasteiger partial charge in [0.05, 0.1) is 4.92 Å². The second-order valence-corrected chi connectivity index (χ2v) is 6.02. The predicted molar refractivity (Wildman–Crippen MR) is 84.6 cm³/mol. The number of nitrogens with zero attached hydrogens (tertiary/aromatic N) is 2. The Morgan fingerprint density at radius 1 is 1.48 bits per heavy atom. The summed E-state index contributed by atoms with van der Waals surface area (Å²) in [7, 11) is 0. The van der Waals surface area contributed by atoms with Crippen molar-refractivity contribution >= 4 is 23.1 Å². The first-order chi connectivity index (χ1) is 10.1. The molecule has 0 saturated heterocycles. The van der Waals surface area contributed by atoms with Crippen LogP contribution in [0.3, 0.4) is 0 Å². The quantitative estimate of drug-likeness (QED) is 0.463. The molecule has 0 spiro atoms. The molecule has 0 saturated carbocycles. The Labute approximate surface area is 127 Å². The van der Waals surface area contributed by atoms with Gasteiger partial charge in [0, 0.05) is 42.5 Å². The summed E-state index contributed by atoms with van der Waals surface area (Å²) in [4.78, 5) is 17.7. The number of nitro groups is 1. The lowest BCUT2D eigenvalue weighted by Crippen LogP contribution is -2.09. The van der Waals surface area contributed by atoms with Gasteiger partial charge in [0.2, 0.25) is 0 Å². The molecule has 0 aliphatic carbocycles. The van der Waals surface area contributed by atoms with Gasteiger partial charge in [0.15, 0.2) is 5.16 Å². The van der Waals surface area contributed by atoms with E-state index in [0.29, 0.717) is 11.7 Å². The van der Waals surface area contributed by atoms with E-state index >= 15 is 0 Å². The van der Waals surface area contributed by atoms with E-state index in [9.17, 15) is 10.1 Å². The van der Waals surface area contributed by atoms with Crippen LogP contribution in [0.15, 0.2) is 35.7 Å². The Bertz CT molecular complexity index is 599. The van der Waals surface area contributed by atoms with Gasteiger partial charge in [-0.15, -0.1) is 0 Å². The Hall–Kier alpha value is -2.02. The average molecular weight is 306 g/mol. The molecule has 0 atom stereocenters. The van der Waals surface area contributed by atoms with Crippen LogP contribution in [0.25, 0.3) is 0 Å². The smallest absolute Gasteiger partial charge is 0.269 e. The molecule has 1 aromatic heterocycles. The number of non-ortho nitro benzene ring substituents is 1. The number of imidazole rings is 1. The van der Waals surface area contributed by atoms with Gasteiger partial charge in [0.1, 0.15) is 0 Å². The number of aromatic nitrogens is 2. The molecule has 0 aliphatic heterocycles. The highest BCUT2D eigenvalue weighted by molar-refractivity contribution is 7.98. The number of rotatable bonds is 7. The number of anilines is 1. The summed E-state index contributed by atoms with van der Waals surface area (Å²) in [5.41, 5.74) is 1.96. The molecule has 2 rings (SSSR count). The first-order valence-electron chi connectivity index (χ1n) is 6.69. The van der Waals surface area contributed by atoms with E-state index in [1.807, 2.05) is 0 Å². The number of benzene rings is 1. The average Bonchev–Trinajstić information content (AvgIpc) is 2.96. The maximum atomic E-state index is 10.9. The molecule has 0 bridgehead atoms. The van der Waals surface area contributed by atoms with E-state index < -0.39 is 0 Å². The Kier molecular flexibility index (Phi) is 5.21. The molecule has 0 amide bonds. The van der Waals surface area contributed by atoms with Crippen molar-refractivity contribution in [1.82, 2.24) is 9.97 Å². The van der Waals surface area contributed by atoms with Crippen molar-refractivity contribution in [3.05, 3.63) is 46.3 Å². The second kappa shape index (κ2) is 7.12. The zero-order valence-corrected chi connectivity index (χ0v) is 12.8. The van der Waals surface area contributed by atoms with E-state index in [4.69, 9.17) is 0 Å². The SMILES string of the molecule is CC(C)CNc1ccc([N+](=O)[O-])cc1CSc1ncc[nH]1. The third kappa shape index (κ3) is 4.49. The number of hydrogen-bond acceptors (Lipinski definition) is 5. The van der Waals surface area contributed by atoms with Crippen LogP contribution in [0, 0.1) is 16.0 Å². The van der Waals surface area contributed by atoms with Crippen molar-refractivity contribution in [2.24, 2.45) is 5.92 Å². The van der Waals surface area contributed by atoms with Crippen LogP contribution in [0.1, 0.15) is 19.4 Å². The maximum Gasteiger partial charge on any atom is 0.269 e. The molecular formula is C14H18N4O2S. The van der Waals surface area contributed by atoms with Crippen LogP contribution >= 0.6 is 11.8 Å². The Morgan fingerprint density at radius 3 is 2.90 bits per heavy atom. The van der Waals surface area contributed by atoms with Crippen molar-refractivity contribution in [3.63, 3.8) is 0 Å². The summed E-state index contributed by atoms with van der Waals surface area (Å²) in [6.07, 6.45) is 3.45. The summed E-state index contributed by atoms with van der Waals surface area (Å²) in [6.45, 7) is 5.07. The normalized spacial score (nSPS) is 10.8. The van der Waals surface area contributed by atoms with Gasteiger partial charge in [-0.25, -0.2) is 4.98 Å². The highest BCUT2D eigenvalue weighted by atomic mass is 32.2. The number of thioether (sulfide) groups is 1. The van der Waals surface area contributed by atoms with E-state index in [1.54, 1.807) is 24.5 Å². The summed E-state index contributed by atoms with van der Waals surface area (Å²) >= 11 is 1.52. The fraction of sp³-hybridized carbons (Fsp3) is 0.357. The Balaban J connectivity index is 2.16. The third-order valence-corrected chi connectivity index (χ3v) is 3.79. The van der Waals surface area contributed by atoms with Crippen molar-refractivity contribution < 1.29 is 4.92 Å². The number of nitrogens with one attached hydrogen (secondary N) is 2. The first kappa shape index (κ1) is 15.4. The van der Waals surface area contributed by atoms with Crippen molar-refractivity contribution in [2.45, 2.75) is 24.8 Å². The number of H-pyrrole nitrogens is 1. The lowest BCUT2D eigenvalue weighted by Gasteiger charge is -2.13. The second-order valence-electron chi connectivity index (χ2n) is 5.06. The topological polar surface area (TPSA) is 83.8 Å². The zero-order valence-electron chi connectivity index (χ0n) is 12.0. The maximum absolute atomic E-state index is 10.9. The molecule has 1 aromatic carbocycles. The Morgan fingerprint density at radius 2 is 2.29 bits per heavy atom. The van der Waals surface area contributed by atoms with Gasteiger partial charge in [-0.1, -0.05) is 25.6 Å². The standard InChI is InChI=1S/C14H18N4O2S/c1-10(2)8-17-13-4-3-12(18(19)20)7-11(13)9-21-14-15-5-6-16-14/h3-7,10,17H,8-9H2,1-2H3,(H,15,16). The van der Waals surface area contributed by atoms with Crippen LogP contribution < -0.4 is 5.32 Å². The molecule has 2 N–H and O–H groups in total. The minimum Gasteiger partial charge on any atom is -0.385 e. The summed E-state index contributed by atoms with van der Waals surface area (Å²) in [5, 5.41) is 15.1. The molecule has 2 aromatic rings. The van der Waals surface area contributed by atoms with E-state index in [-0.39, 0.29) is 10.6 Å². The first-order valence-corrected chi connectivity index (χ1v) is 7.68.